The van der Waals surface area contributed by atoms with E-state index in [0.717, 1.165) is 31.7 Å². The number of para-hydroxylation sites is 1. The first-order valence-electron chi connectivity index (χ1n) is 8.15. The molecule has 2 rings (SSSR count). The number of unbranched alkanes of at least 4 members (excludes halogenated alkanes) is 2. The van der Waals surface area contributed by atoms with E-state index in [4.69, 9.17) is 4.74 Å². The summed E-state index contributed by atoms with van der Waals surface area (Å²) in [5.74, 6) is 1.03. The Morgan fingerprint density at radius 2 is 1.55 bits per heavy atom. The van der Waals surface area contributed by atoms with Gasteiger partial charge in [0.1, 0.15) is 5.75 Å². The zero-order chi connectivity index (χ0) is 15.6. The molecular weight excluding hydrogens is 270 g/mol. The van der Waals surface area contributed by atoms with Gasteiger partial charge in [0.25, 0.3) is 0 Å². The third kappa shape index (κ3) is 5.90. The van der Waals surface area contributed by atoms with Crippen LogP contribution in [0.1, 0.15) is 30.4 Å². The summed E-state index contributed by atoms with van der Waals surface area (Å²) in [7, 11) is 4.24. The molecule has 118 valence electrons. The molecule has 0 saturated carbocycles. The zero-order valence-electron chi connectivity index (χ0n) is 13.8. The number of benzene rings is 2. The molecule has 0 aliphatic rings. The second-order valence-electron chi connectivity index (χ2n) is 5.98. The number of rotatable bonds is 9. The molecule has 0 atom stereocenters. The molecule has 0 heterocycles. The van der Waals surface area contributed by atoms with Crippen molar-refractivity contribution in [3.8, 4) is 5.75 Å². The minimum absolute atomic E-state index is 0.805. The number of ether oxygens (including phenoxy) is 1. The maximum Gasteiger partial charge on any atom is 0.122 e. The van der Waals surface area contributed by atoms with Gasteiger partial charge in [0.2, 0.25) is 0 Å². The summed E-state index contributed by atoms with van der Waals surface area (Å²) < 4.78 is 6.00. The lowest BCUT2D eigenvalue weighted by Crippen LogP contribution is -2.13. The first kappa shape index (κ1) is 16.6. The summed E-state index contributed by atoms with van der Waals surface area (Å²) in [6, 6.07) is 18.9. The molecule has 0 unspecified atom stereocenters. The van der Waals surface area contributed by atoms with Crippen molar-refractivity contribution in [2.75, 3.05) is 27.2 Å². The molecule has 2 aromatic rings. The highest BCUT2D eigenvalue weighted by molar-refractivity contribution is 5.37. The number of nitrogens with zero attached hydrogens (tertiary/aromatic N) is 1. The molecule has 0 bridgehead atoms. The van der Waals surface area contributed by atoms with E-state index in [1.54, 1.807) is 0 Å². The van der Waals surface area contributed by atoms with Gasteiger partial charge in [-0.1, -0.05) is 48.5 Å². The molecule has 0 N–H and O–H groups in total. The summed E-state index contributed by atoms with van der Waals surface area (Å²) >= 11 is 0. The van der Waals surface area contributed by atoms with Crippen LogP contribution in [0.4, 0.5) is 0 Å². The maximum atomic E-state index is 6.00. The van der Waals surface area contributed by atoms with Crippen molar-refractivity contribution >= 4 is 0 Å². The lowest BCUT2D eigenvalue weighted by atomic mass is 10.0. The Morgan fingerprint density at radius 1 is 0.818 bits per heavy atom. The smallest absolute Gasteiger partial charge is 0.122 e. The Kier molecular flexibility index (Phi) is 6.98. The van der Waals surface area contributed by atoms with Gasteiger partial charge in [-0.25, -0.2) is 0 Å². The Bertz CT molecular complexity index is 536. The van der Waals surface area contributed by atoms with E-state index in [1.807, 2.05) is 0 Å². The number of hydrogen-bond donors (Lipinski definition) is 0. The predicted molar refractivity (Wildman–Crippen MR) is 93.6 cm³/mol. The molecule has 22 heavy (non-hydrogen) atoms. The lowest BCUT2D eigenvalue weighted by molar-refractivity contribution is 0.297. The van der Waals surface area contributed by atoms with E-state index in [1.165, 1.54) is 24.0 Å². The first-order valence-corrected chi connectivity index (χ1v) is 8.15. The molecule has 0 aliphatic carbocycles. The van der Waals surface area contributed by atoms with Crippen LogP contribution in [0.25, 0.3) is 0 Å². The Labute approximate surface area is 134 Å². The average Bonchev–Trinajstić information content (AvgIpc) is 2.53. The van der Waals surface area contributed by atoms with Crippen LogP contribution < -0.4 is 4.74 Å². The summed E-state index contributed by atoms with van der Waals surface area (Å²) in [6.07, 6.45) is 4.51. The van der Waals surface area contributed by atoms with Crippen LogP contribution >= 0.6 is 0 Å². The van der Waals surface area contributed by atoms with Crippen molar-refractivity contribution in [1.82, 2.24) is 4.90 Å². The van der Waals surface area contributed by atoms with Crippen LogP contribution in [0.3, 0.4) is 0 Å². The van der Waals surface area contributed by atoms with Crippen molar-refractivity contribution in [3.63, 3.8) is 0 Å². The Balaban J connectivity index is 1.81. The Hall–Kier alpha value is -1.80. The van der Waals surface area contributed by atoms with Gasteiger partial charge in [-0.2, -0.15) is 0 Å². The minimum Gasteiger partial charge on any atom is -0.493 e. The second kappa shape index (κ2) is 9.26. The fourth-order valence-electron chi connectivity index (χ4n) is 2.50. The van der Waals surface area contributed by atoms with Crippen molar-refractivity contribution in [3.05, 3.63) is 65.7 Å². The predicted octanol–water partition coefficient (Wildman–Crippen LogP) is 4.39. The average molecular weight is 297 g/mol. The van der Waals surface area contributed by atoms with Gasteiger partial charge in [0.05, 0.1) is 6.61 Å². The molecule has 0 aliphatic heterocycles. The molecule has 0 spiro atoms. The third-order valence-electron chi connectivity index (χ3n) is 3.72. The SMILES string of the molecule is CN(C)CCCCCOc1ccccc1Cc1ccccc1. The van der Waals surface area contributed by atoms with Crippen LogP contribution in [0.15, 0.2) is 54.6 Å². The second-order valence-corrected chi connectivity index (χ2v) is 5.98. The first-order chi connectivity index (χ1) is 10.8. The van der Waals surface area contributed by atoms with E-state index in [9.17, 15) is 0 Å². The minimum atomic E-state index is 0.805. The van der Waals surface area contributed by atoms with Crippen molar-refractivity contribution < 1.29 is 4.74 Å². The molecule has 2 heteroatoms. The molecule has 0 fully saturated rings. The van der Waals surface area contributed by atoms with Crippen LogP contribution in [-0.4, -0.2) is 32.1 Å². The largest absolute Gasteiger partial charge is 0.493 e. The molecule has 0 aromatic heterocycles. The molecule has 0 amide bonds. The van der Waals surface area contributed by atoms with Gasteiger partial charge in [-0.3, -0.25) is 0 Å². The van der Waals surface area contributed by atoms with E-state index in [-0.39, 0.29) is 0 Å². The van der Waals surface area contributed by atoms with Crippen LogP contribution in [-0.2, 0) is 6.42 Å². The van der Waals surface area contributed by atoms with Gasteiger partial charge in [-0.05, 0) is 57.1 Å². The summed E-state index contributed by atoms with van der Waals surface area (Å²) in [5, 5.41) is 0. The van der Waals surface area contributed by atoms with Gasteiger partial charge < -0.3 is 9.64 Å². The topological polar surface area (TPSA) is 12.5 Å². The quantitative estimate of drug-likeness (QED) is 0.637. The molecule has 2 aromatic carbocycles. The van der Waals surface area contributed by atoms with Crippen LogP contribution in [0.5, 0.6) is 5.75 Å². The van der Waals surface area contributed by atoms with Gasteiger partial charge in [-0.15, -0.1) is 0 Å². The fourth-order valence-corrected chi connectivity index (χ4v) is 2.50. The third-order valence-corrected chi connectivity index (χ3v) is 3.72. The maximum absolute atomic E-state index is 6.00. The van der Waals surface area contributed by atoms with Gasteiger partial charge in [0.15, 0.2) is 0 Å². The summed E-state index contributed by atoms with van der Waals surface area (Å²) in [4.78, 5) is 2.23. The fraction of sp³-hybridized carbons (Fsp3) is 0.400. The highest BCUT2D eigenvalue weighted by Crippen LogP contribution is 2.21. The summed E-state index contributed by atoms with van der Waals surface area (Å²) in [5.41, 5.74) is 2.59. The number of hydrogen-bond acceptors (Lipinski definition) is 2. The van der Waals surface area contributed by atoms with E-state index >= 15 is 0 Å². The highest BCUT2D eigenvalue weighted by Gasteiger charge is 2.04. The van der Waals surface area contributed by atoms with Crippen LogP contribution in [0.2, 0.25) is 0 Å². The molecule has 2 nitrogen and oxygen atoms in total. The summed E-state index contributed by atoms with van der Waals surface area (Å²) in [6.45, 7) is 1.96. The van der Waals surface area contributed by atoms with E-state index < -0.39 is 0 Å². The zero-order valence-corrected chi connectivity index (χ0v) is 13.8. The molecule has 0 saturated heterocycles. The van der Waals surface area contributed by atoms with E-state index in [2.05, 4.69) is 73.6 Å². The molecular formula is C20H27NO. The normalized spacial score (nSPS) is 10.9. The van der Waals surface area contributed by atoms with Crippen molar-refractivity contribution in [2.24, 2.45) is 0 Å². The Morgan fingerprint density at radius 3 is 2.32 bits per heavy atom. The molecule has 0 radical (unpaired) electrons. The van der Waals surface area contributed by atoms with Crippen molar-refractivity contribution in [1.29, 1.82) is 0 Å². The van der Waals surface area contributed by atoms with Crippen LogP contribution in [0, 0.1) is 0 Å². The standard InChI is InChI=1S/C20H27NO/c1-21(2)15-9-4-10-16-22-20-14-8-7-13-19(20)17-18-11-5-3-6-12-18/h3,5-8,11-14H,4,9-10,15-17H2,1-2H3. The van der Waals surface area contributed by atoms with Gasteiger partial charge >= 0.3 is 0 Å². The van der Waals surface area contributed by atoms with Crippen molar-refractivity contribution in [2.45, 2.75) is 25.7 Å². The lowest BCUT2D eigenvalue weighted by Gasteiger charge is -2.12. The monoisotopic (exact) mass is 297 g/mol. The van der Waals surface area contributed by atoms with Gasteiger partial charge in [0, 0.05) is 6.42 Å². The highest BCUT2D eigenvalue weighted by atomic mass is 16.5. The van der Waals surface area contributed by atoms with E-state index in [0.29, 0.717) is 0 Å².